The van der Waals surface area contributed by atoms with Crippen molar-refractivity contribution in [3.8, 4) is 0 Å². The lowest BCUT2D eigenvalue weighted by Gasteiger charge is -2.23. The van der Waals surface area contributed by atoms with Gasteiger partial charge in [0.15, 0.2) is 9.84 Å². The second-order valence-electron chi connectivity index (χ2n) is 6.25. The van der Waals surface area contributed by atoms with Crippen molar-refractivity contribution in [3.63, 3.8) is 0 Å². The van der Waals surface area contributed by atoms with Crippen LogP contribution in [0.3, 0.4) is 0 Å². The van der Waals surface area contributed by atoms with Gasteiger partial charge in [0.05, 0.1) is 11.5 Å². The van der Waals surface area contributed by atoms with E-state index in [9.17, 15) is 13.2 Å². The van der Waals surface area contributed by atoms with E-state index in [4.69, 9.17) is 0 Å². The number of rotatable bonds is 4. The number of carbonyl (C=O) groups excluding carboxylic acids is 1. The summed E-state index contributed by atoms with van der Waals surface area (Å²) in [5, 5.41) is 3.20. The SMILES string of the molecule is CC1Cc2ccccc2N1C(=O)CCNC1CCS(=O)(=O)C1. The standard InChI is InChI=1S/C16H22N2O3S/c1-12-10-13-4-2-3-5-15(13)18(12)16(19)6-8-17-14-7-9-22(20,21)11-14/h2-5,12,14,17H,6-11H2,1H3. The molecule has 1 fully saturated rings. The molecule has 1 aromatic rings. The fourth-order valence-corrected chi connectivity index (χ4v) is 5.11. The number of para-hydroxylation sites is 1. The molecule has 2 unspecified atom stereocenters. The van der Waals surface area contributed by atoms with Crippen LogP contribution in [0.4, 0.5) is 5.69 Å². The van der Waals surface area contributed by atoms with E-state index in [1.807, 2.05) is 23.1 Å². The summed E-state index contributed by atoms with van der Waals surface area (Å²) in [6.07, 6.45) is 1.95. The van der Waals surface area contributed by atoms with E-state index < -0.39 is 9.84 Å². The summed E-state index contributed by atoms with van der Waals surface area (Å²) in [4.78, 5) is 14.4. The molecule has 3 rings (SSSR count). The number of carbonyl (C=O) groups is 1. The van der Waals surface area contributed by atoms with E-state index >= 15 is 0 Å². The Morgan fingerprint density at radius 2 is 2.14 bits per heavy atom. The van der Waals surface area contributed by atoms with Crippen LogP contribution in [-0.2, 0) is 21.1 Å². The summed E-state index contributed by atoms with van der Waals surface area (Å²) in [5.74, 6) is 0.560. The van der Waals surface area contributed by atoms with Crippen molar-refractivity contribution in [2.24, 2.45) is 0 Å². The Hall–Kier alpha value is -1.40. The van der Waals surface area contributed by atoms with Crippen molar-refractivity contribution in [3.05, 3.63) is 29.8 Å². The van der Waals surface area contributed by atoms with Crippen LogP contribution < -0.4 is 10.2 Å². The summed E-state index contributed by atoms with van der Waals surface area (Å²) in [5.41, 5.74) is 2.24. The van der Waals surface area contributed by atoms with Gasteiger partial charge in [0, 0.05) is 30.7 Å². The number of anilines is 1. The minimum Gasteiger partial charge on any atom is -0.312 e. The molecule has 0 aliphatic carbocycles. The number of nitrogens with one attached hydrogen (secondary N) is 1. The lowest BCUT2D eigenvalue weighted by molar-refractivity contribution is -0.118. The molecule has 0 aromatic heterocycles. The van der Waals surface area contributed by atoms with Gasteiger partial charge in [-0.05, 0) is 31.4 Å². The molecule has 2 aliphatic rings. The maximum absolute atomic E-state index is 12.5. The number of sulfone groups is 1. The second kappa shape index (κ2) is 6.01. The van der Waals surface area contributed by atoms with Gasteiger partial charge in [-0.15, -0.1) is 0 Å². The summed E-state index contributed by atoms with van der Waals surface area (Å²) in [6, 6.07) is 8.22. The van der Waals surface area contributed by atoms with Gasteiger partial charge in [0.1, 0.15) is 0 Å². The minimum absolute atomic E-state index is 0.00101. The molecule has 1 aromatic carbocycles. The van der Waals surface area contributed by atoms with Crippen LogP contribution in [0.15, 0.2) is 24.3 Å². The van der Waals surface area contributed by atoms with Crippen molar-refractivity contribution < 1.29 is 13.2 Å². The topological polar surface area (TPSA) is 66.5 Å². The largest absolute Gasteiger partial charge is 0.312 e. The molecule has 6 heteroatoms. The van der Waals surface area contributed by atoms with E-state index in [-0.39, 0.29) is 29.5 Å². The van der Waals surface area contributed by atoms with Crippen molar-refractivity contribution in [1.29, 1.82) is 0 Å². The summed E-state index contributed by atoms with van der Waals surface area (Å²) in [6.45, 7) is 2.60. The number of fused-ring (bicyclic) bond motifs is 1. The lowest BCUT2D eigenvalue weighted by atomic mass is 10.1. The minimum atomic E-state index is -2.87. The third-order valence-electron chi connectivity index (χ3n) is 4.48. The van der Waals surface area contributed by atoms with Gasteiger partial charge in [0.2, 0.25) is 5.91 Å². The Kier molecular flexibility index (Phi) is 4.23. The molecule has 0 bridgehead atoms. The maximum Gasteiger partial charge on any atom is 0.228 e. The fourth-order valence-electron chi connectivity index (χ4n) is 3.41. The van der Waals surface area contributed by atoms with Gasteiger partial charge in [-0.1, -0.05) is 18.2 Å². The number of amides is 1. The van der Waals surface area contributed by atoms with Gasteiger partial charge in [-0.25, -0.2) is 8.42 Å². The molecule has 0 saturated carbocycles. The normalized spacial score (nSPS) is 26.1. The maximum atomic E-state index is 12.5. The van der Waals surface area contributed by atoms with Crippen molar-refractivity contribution >= 4 is 21.4 Å². The molecule has 2 atom stereocenters. The van der Waals surface area contributed by atoms with Crippen LogP contribution in [0, 0.1) is 0 Å². The molecule has 22 heavy (non-hydrogen) atoms. The third kappa shape index (κ3) is 3.17. The lowest BCUT2D eigenvalue weighted by Crippen LogP contribution is -2.39. The highest BCUT2D eigenvalue weighted by atomic mass is 32.2. The van der Waals surface area contributed by atoms with Gasteiger partial charge in [-0.3, -0.25) is 4.79 Å². The quantitative estimate of drug-likeness (QED) is 0.902. The molecule has 2 heterocycles. The van der Waals surface area contributed by atoms with Crippen LogP contribution in [0.2, 0.25) is 0 Å². The van der Waals surface area contributed by atoms with Crippen LogP contribution in [-0.4, -0.2) is 44.5 Å². The Bertz CT molecular complexity index is 672. The highest BCUT2D eigenvalue weighted by molar-refractivity contribution is 7.91. The van der Waals surface area contributed by atoms with Crippen LogP contribution >= 0.6 is 0 Å². The number of hydrogen-bond acceptors (Lipinski definition) is 4. The van der Waals surface area contributed by atoms with E-state index in [1.54, 1.807) is 0 Å². The molecule has 0 spiro atoms. The highest BCUT2D eigenvalue weighted by Crippen LogP contribution is 2.32. The predicted octanol–water partition coefficient (Wildman–Crippen LogP) is 1.13. The Labute approximate surface area is 131 Å². The molecule has 0 radical (unpaired) electrons. The third-order valence-corrected chi connectivity index (χ3v) is 6.25. The molecule has 120 valence electrons. The Morgan fingerprint density at radius 1 is 1.36 bits per heavy atom. The first-order valence-corrected chi connectivity index (χ1v) is 9.62. The van der Waals surface area contributed by atoms with Crippen LogP contribution in [0.5, 0.6) is 0 Å². The number of nitrogens with zero attached hydrogens (tertiary/aromatic N) is 1. The molecule has 1 N–H and O–H groups in total. The monoisotopic (exact) mass is 322 g/mol. The molecule has 2 aliphatic heterocycles. The first kappa shape index (κ1) is 15.5. The van der Waals surface area contributed by atoms with Crippen molar-refractivity contribution in [2.45, 2.75) is 38.3 Å². The first-order chi connectivity index (χ1) is 10.5. The van der Waals surface area contributed by atoms with Gasteiger partial charge < -0.3 is 10.2 Å². The van der Waals surface area contributed by atoms with Gasteiger partial charge >= 0.3 is 0 Å². The Morgan fingerprint density at radius 3 is 2.86 bits per heavy atom. The zero-order valence-corrected chi connectivity index (χ0v) is 13.6. The molecular formula is C16H22N2O3S. The molecule has 5 nitrogen and oxygen atoms in total. The molecule has 1 amide bonds. The van der Waals surface area contributed by atoms with E-state index in [0.717, 1.165) is 12.1 Å². The van der Waals surface area contributed by atoms with Crippen LogP contribution in [0.25, 0.3) is 0 Å². The van der Waals surface area contributed by atoms with E-state index in [0.29, 0.717) is 19.4 Å². The summed E-state index contributed by atoms with van der Waals surface area (Å²) >= 11 is 0. The number of benzene rings is 1. The molecular weight excluding hydrogens is 300 g/mol. The van der Waals surface area contributed by atoms with Crippen molar-refractivity contribution in [1.82, 2.24) is 5.32 Å². The average molecular weight is 322 g/mol. The predicted molar refractivity (Wildman–Crippen MR) is 86.8 cm³/mol. The van der Waals surface area contributed by atoms with Crippen LogP contribution in [0.1, 0.15) is 25.3 Å². The Balaban J connectivity index is 1.55. The average Bonchev–Trinajstić information content (AvgIpc) is 2.97. The van der Waals surface area contributed by atoms with Gasteiger partial charge in [-0.2, -0.15) is 0 Å². The zero-order chi connectivity index (χ0) is 15.7. The first-order valence-electron chi connectivity index (χ1n) is 7.80. The highest BCUT2D eigenvalue weighted by Gasteiger charge is 2.31. The fraction of sp³-hybridized carbons (Fsp3) is 0.562. The molecule has 1 saturated heterocycles. The summed E-state index contributed by atoms with van der Waals surface area (Å²) < 4.78 is 22.8. The van der Waals surface area contributed by atoms with E-state index in [1.165, 1.54) is 5.56 Å². The number of hydrogen-bond donors (Lipinski definition) is 1. The van der Waals surface area contributed by atoms with E-state index in [2.05, 4.69) is 18.3 Å². The van der Waals surface area contributed by atoms with Gasteiger partial charge in [0.25, 0.3) is 0 Å². The smallest absolute Gasteiger partial charge is 0.228 e. The second-order valence-corrected chi connectivity index (χ2v) is 8.48. The zero-order valence-electron chi connectivity index (χ0n) is 12.8. The van der Waals surface area contributed by atoms with Crippen molar-refractivity contribution in [2.75, 3.05) is 23.0 Å². The summed E-state index contributed by atoms with van der Waals surface area (Å²) in [7, 11) is -2.87.